The highest BCUT2D eigenvalue weighted by molar-refractivity contribution is 7.26. The molecular formula is C137H92N2S2. The predicted molar refractivity (Wildman–Crippen MR) is 596 cm³/mol. The van der Waals surface area contributed by atoms with Crippen molar-refractivity contribution in [1.82, 2.24) is 0 Å². The average molecular weight is 1830 g/mol. The molecule has 0 fully saturated rings. The average Bonchev–Trinajstić information content (AvgIpc) is 1.56. The summed E-state index contributed by atoms with van der Waals surface area (Å²) in [6, 6.07) is 199. The van der Waals surface area contributed by atoms with E-state index in [2.05, 4.69) is 544 Å². The van der Waals surface area contributed by atoms with Gasteiger partial charge in [-0.05, 0) is 253 Å². The molecule has 0 atom stereocenters. The SMILES string of the molecule is CC1(Cc2cccc(-c3ccccc3-c3ccccc3-c3ccccc3N(c3ccc(-c4ccc5c(c4)sc4ccccc45)cc3)c3ccc4c(c3)-c3ccccc3C4(c3ccccc3)c3ccccc3)c2)c2ccccc2C2(c3ccccc3-c3cc(N(c4ccc(-c5ccc6c(c5)sc5ccccc56)cc4)c4ccccc4-c4ccccc4-c4ccccc4-c4ccccc4)ccc32)c2ccccc21. The standard InChI is InChI=1S/C137H92N2S2/c1-135(89-90-36-35-39-96(84-90)104-45-12-14-47-106(104)108-49-16-18-51-110(108)114-55-22-32-65-130(114)138(99-74-68-91(69-75-99)94-72-80-117-115-56-23-33-66-131(115)140-133(117)85-94)101-78-82-123-119(87-101)111-52-19-25-58-121(111)136(123,97-40-7-3-8-41-97)98-42-9-4-10-43-98)125-60-27-29-62-127(125)137(128-63-30-28-61-126(128)135)122-59-26-20-53-112(122)120-88-102(79-83-124(120)137)139(100-76-70-92(71-77-100)95-73-81-118-116-57-24-34-67-132(116)141-134(118)86-95)129-64-31-21-54-113(129)109-50-17-15-48-107(109)105-46-13-11-44-103(105)93-37-5-2-6-38-93/h2-88H,89H2,1H3. The zero-order chi connectivity index (χ0) is 93.3. The van der Waals surface area contributed by atoms with Gasteiger partial charge >= 0.3 is 0 Å². The van der Waals surface area contributed by atoms with Crippen molar-refractivity contribution in [1.29, 1.82) is 0 Å². The van der Waals surface area contributed by atoms with E-state index < -0.39 is 16.2 Å². The first-order valence-corrected chi connectivity index (χ1v) is 50.6. The lowest BCUT2D eigenvalue weighted by atomic mass is 9.54. The molecule has 0 N–H and O–H groups in total. The summed E-state index contributed by atoms with van der Waals surface area (Å²) in [6.07, 6.45) is 0.754. The Morgan fingerprint density at radius 2 is 0.489 bits per heavy atom. The summed E-state index contributed by atoms with van der Waals surface area (Å²) >= 11 is 3.73. The first-order valence-electron chi connectivity index (χ1n) is 48.9. The Balaban J connectivity index is 0.561. The second kappa shape index (κ2) is 33.9. The molecule has 662 valence electrons. The molecule has 24 aromatic rings. The van der Waals surface area contributed by atoms with Gasteiger partial charge in [-0.25, -0.2) is 0 Å². The molecule has 2 aromatic heterocycles. The fraction of sp³-hybridized carbons (Fsp3) is 0.0365. The molecule has 0 aliphatic heterocycles. The van der Waals surface area contributed by atoms with E-state index >= 15 is 0 Å². The molecule has 0 unspecified atom stereocenters. The number of nitrogens with zero attached hydrogens (tertiary/aromatic N) is 2. The van der Waals surface area contributed by atoms with E-state index in [-0.39, 0.29) is 0 Å². The van der Waals surface area contributed by atoms with Gasteiger partial charge in [0.25, 0.3) is 0 Å². The molecule has 0 saturated carbocycles. The molecule has 3 aliphatic rings. The molecule has 0 amide bonds. The van der Waals surface area contributed by atoms with E-state index in [0.717, 1.165) is 73.9 Å². The highest BCUT2D eigenvalue weighted by Crippen LogP contribution is 2.65. The summed E-state index contributed by atoms with van der Waals surface area (Å²) < 4.78 is 5.20. The molecule has 4 heteroatoms. The van der Waals surface area contributed by atoms with Crippen molar-refractivity contribution in [3.05, 3.63) is 589 Å². The summed E-state index contributed by atoms with van der Waals surface area (Å²) in [5, 5.41) is 5.21. The minimum atomic E-state index is -0.668. The first-order chi connectivity index (χ1) is 69.8. The van der Waals surface area contributed by atoms with Crippen LogP contribution in [0, 0.1) is 0 Å². The summed E-state index contributed by atoms with van der Waals surface area (Å²) in [4.78, 5) is 5.03. The quantitative estimate of drug-likeness (QED) is 0.0845. The van der Waals surface area contributed by atoms with Gasteiger partial charge in [0, 0.05) is 79.6 Å². The van der Waals surface area contributed by atoms with Crippen molar-refractivity contribution in [3.8, 4) is 111 Å². The molecule has 0 saturated heterocycles. The molecule has 0 radical (unpaired) electrons. The maximum atomic E-state index is 2.52. The number of thiophene rings is 2. The summed E-state index contributed by atoms with van der Waals surface area (Å²) in [6.45, 7) is 2.52. The van der Waals surface area contributed by atoms with E-state index in [1.165, 1.54) is 179 Å². The Hall–Kier alpha value is -17.1. The van der Waals surface area contributed by atoms with Crippen LogP contribution in [-0.2, 0) is 22.7 Å². The Kier molecular flexibility index (Phi) is 20.0. The monoisotopic (exact) mass is 1830 g/mol. The Morgan fingerprint density at radius 1 is 0.177 bits per heavy atom. The third kappa shape index (κ3) is 13.4. The lowest BCUT2D eigenvalue weighted by Crippen LogP contribution is -2.43. The van der Waals surface area contributed by atoms with Gasteiger partial charge in [0.05, 0.1) is 22.2 Å². The van der Waals surface area contributed by atoms with Gasteiger partial charge in [-0.2, -0.15) is 0 Å². The number of rotatable bonds is 18. The second-order valence-electron chi connectivity index (χ2n) is 38.0. The summed E-state index contributed by atoms with van der Waals surface area (Å²) in [5.41, 5.74) is 42.4. The van der Waals surface area contributed by atoms with Crippen LogP contribution in [0.4, 0.5) is 34.1 Å². The first kappa shape index (κ1) is 83.3. The highest BCUT2D eigenvalue weighted by Gasteiger charge is 2.55. The predicted octanol–water partition coefficient (Wildman–Crippen LogP) is 37.3. The number of anilines is 6. The molecule has 3 aliphatic carbocycles. The van der Waals surface area contributed by atoms with Crippen molar-refractivity contribution in [2.24, 2.45) is 0 Å². The van der Waals surface area contributed by atoms with Gasteiger partial charge < -0.3 is 9.80 Å². The molecule has 1 spiro atoms. The van der Waals surface area contributed by atoms with Crippen LogP contribution in [0.2, 0.25) is 0 Å². The Labute approximate surface area is 830 Å². The van der Waals surface area contributed by atoms with Gasteiger partial charge in [0.2, 0.25) is 0 Å². The maximum Gasteiger partial charge on any atom is 0.0719 e. The van der Waals surface area contributed by atoms with Crippen molar-refractivity contribution in [3.63, 3.8) is 0 Å². The summed E-state index contributed by atoms with van der Waals surface area (Å²) in [5.74, 6) is 0. The minimum absolute atomic E-state index is 0.478. The number of fused-ring (bicyclic) bond motifs is 18. The van der Waals surface area contributed by atoms with Crippen LogP contribution in [0.25, 0.3) is 152 Å². The number of benzene rings is 22. The fourth-order valence-electron chi connectivity index (χ4n) is 24.4. The van der Waals surface area contributed by atoms with Crippen molar-refractivity contribution < 1.29 is 0 Å². The third-order valence-corrected chi connectivity index (χ3v) is 32.8. The molecule has 0 bridgehead atoms. The van der Waals surface area contributed by atoms with E-state index in [1.807, 2.05) is 22.7 Å². The summed E-state index contributed by atoms with van der Waals surface area (Å²) in [7, 11) is 0. The normalized spacial score (nSPS) is 14.6. The number of hydrogen-bond donors (Lipinski definition) is 0. The number of para-hydroxylation sites is 2. The van der Waals surface area contributed by atoms with Crippen LogP contribution in [-0.4, -0.2) is 0 Å². The molecule has 27 rings (SSSR count). The molecule has 22 aromatic carbocycles. The van der Waals surface area contributed by atoms with Crippen LogP contribution < -0.4 is 9.80 Å². The molecule has 141 heavy (non-hydrogen) atoms. The Morgan fingerprint density at radius 3 is 0.950 bits per heavy atom. The molecule has 2 nitrogen and oxygen atoms in total. The van der Waals surface area contributed by atoms with Gasteiger partial charge in [-0.1, -0.05) is 450 Å². The van der Waals surface area contributed by atoms with Crippen LogP contribution in [0.15, 0.2) is 528 Å². The zero-order valence-electron chi connectivity index (χ0n) is 77.6. The number of hydrogen-bond acceptors (Lipinski definition) is 4. The highest BCUT2D eigenvalue weighted by atomic mass is 32.1. The van der Waals surface area contributed by atoms with E-state index in [9.17, 15) is 0 Å². The van der Waals surface area contributed by atoms with Crippen LogP contribution >= 0.6 is 22.7 Å². The van der Waals surface area contributed by atoms with E-state index in [1.54, 1.807) is 0 Å². The van der Waals surface area contributed by atoms with Crippen molar-refractivity contribution in [2.45, 2.75) is 29.6 Å². The van der Waals surface area contributed by atoms with Gasteiger partial charge in [-0.15, -0.1) is 22.7 Å². The van der Waals surface area contributed by atoms with Crippen LogP contribution in [0.3, 0.4) is 0 Å². The van der Waals surface area contributed by atoms with E-state index in [0.29, 0.717) is 0 Å². The second-order valence-corrected chi connectivity index (χ2v) is 40.2. The fourth-order valence-corrected chi connectivity index (χ4v) is 26.7. The minimum Gasteiger partial charge on any atom is -0.310 e. The lowest BCUT2D eigenvalue weighted by Gasteiger charge is -2.48. The molecule has 2 heterocycles. The third-order valence-electron chi connectivity index (χ3n) is 30.6. The van der Waals surface area contributed by atoms with Gasteiger partial charge in [-0.3, -0.25) is 0 Å². The van der Waals surface area contributed by atoms with Crippen LogP contribution in [0.5, 0.6) is 0 Å². The van der Waals surface area contributed by atoms with E-state index in [4.69, 9.17) is 0 Å². The van der Waals surface area contributed by atoms with Crippen molar-refractivity contribution in [2.75, 3.05) is 9.80 Å². The van der Waals surface area contributed by atoms with Crippen LogP contribution in [0.1, 0.15) is 68.1 Å². The van der Waals surface area contributed by atoms with Gasteiger partial charge in [0.15, 0.2) is 0 Å². The topological polar surface area (TPSA) is 6.48 Å². The Bertz CT molecular complexity index is 8970. The zero-order valence-corrected chi connectivity index (χ0v) is 79.3. The maximum absolute atomic E-state index is 2.52. The van der Waals surface area contributed by atoms with Crippen molar-refractivity contribution >= 4 is 97.1 Å². The molecular weight excluding hydrogens is 1740 g/mol. The lowest BCUT2D eigenvalue weighted by molar-refractivity contribution is 0.514. The van der Waals surface area contributed by atoms with Gasteiger partial charge in [0.1, 0.15) is 0 Å². The smallest absolute Gasteiger partial charge is 0.0719 e. The largest absolute Gasteiger partial charge is 0.310 e.